The van der Waals surface area contributed by atoms with Crippen molar-refractivity contribution in [3.63, 3.8) is 0 Å². The molecule has 0 aromatic carbocycles. The minimum atomic E-state index is -0.0150. The zero-order chi connectivity index (χ0) is 14.5. The molecule has 2 aliphatic rings. The maximum atomic E-state index is 12.7. The smallest absolute Gasteiger partial charge is 0.229 e. The molecule has 3 unspecified atom stereocenters. The van der Waals surface area contributed by atoms with E-state index in [-0.39, 0.29) is 17.9 Å². The van der Waals surface area contributed by atoms with Gasteiger partial charge in [-0.3, -0.25) is 4.79 Å². The van der Waals surface area contributed by atoms with Gasteiger partial charge < -0.3 is 19.9 Å². The molecule has 2 saturated heterocycles. The van der Waals surface area contributed by atoms with Crippen LogP contribution >= 0.6 is 0 Å². The molecule has 5 heteroatoms. The highest BCUT2D eigenvalue weighted by Crippen LogP contribution is 2.20. The first-order valence-corrected chi connectivity index (χ1v) is 7.89. The Morgan fingerprint density at radius 1 is 1.45 bits per heavy atom. The van der Waals surface area contributed by atoms with Crippen LogP contribution in [0.3, 0.4) is 0 Å². The second-order valence-corrected chi connectivity index (χ2v) is 6.21. The molecule has 0 spiro atoms. The van der Waals surface area contributed by atoms with Gasteiger partial charge in [-0.25, -0.2) is 0 Å². The summed E-state index contributed by atoms with van der Waals surface area (Å²) in [7, 11) is 4.09. The van der Waals surface area contributed by atoms with Crippen LogP contribution in [0.25, 0.3) is 0 Å². The van der Waals surface area contributed by atoms with Gasteiger partial charge in [0, 0.05) is 25.7 Å². The van der Waals surface area contributed by atoms with Gasteiger partial charge in [-0.2, -0.15) is 0 Å². The Hall–Kier alpha value is -0.650. The second kappa shape index (κ2) is 7.38. The van der Waals surface area contributed by atoms with Crippen molar-refractivity contribution in [2.24, 2.45) is 5.92 Å². The zero-order valence-corrected chi connectivity index (χ0v) is 13.1. The monoisotopic (exact) mass is 283 g/mol. The molecule has 1 N–H and O–H groups in total. The lowest BCUT2D eigenvalue weighted by atomic mass is 9.98. The van der Waals surface area contributed by atoms with Gasteiger partial charge in [0.15, 0.2) is 0 Å². The fourth-order valence-electron chi connectivity index (χ4n) is 3.23. The largest absolute Gasteiger partial charge is 0.379 e. The Kier molecular flexibility index (Phi) is 5.81. The van der Waals surface area contributed by atoms with Crippen LogP contribution in [-0.2, 0) is 9.53 Å². The van der Waals surface area contributed by atoms with Gasteiger partial charge in [0.1, 0.15) is 0 Å². The number of rotatable bonds is 5. The van der Waals surface area contributed by atoms with Crippen LogP contribution in [0.4, 0.5) is 0 Å². The van der Waals surface area contributed by atoms with Crippen molar-refractivity contribution in [2.45, 2.75) is 38.3 Å². The number of likely N-dealkylation sites (N-methyl/N-ethyl adjacent to an activating group) is 2. The molecule has 0 bridgehead atoms. The number of carbonyl (C=O) groups excluding carboxylic acids is 1. The molecule has 20 heavy (non-hydrogen) atoms. The van der Waals surface area contributed by atoms with E-state index in [1.807, 2.05) is 11.9 Å². The van der Waals surface area contributed by atoms with E-state index in [1.54, 1.807) is 0 Å². The first kappa shape index (κ1) is 15.7. The first-order chi connectivity index (χ1) is 9.63. The number of piperidine rings is 1. The van der Waals surface area contributed by atoms with E-state index in [0.717, 1.165) is 32.5 Å². The van der Waals surface area contributed by atoms with Crippen LogP contribution in [0.15, 0.2) is 0 Å². The Bertz CT molecular complexity index is 324. The molecule has 116 valence electrons. The average Bonchev–Trinajstić information content (AvgIpc) is 2.91. The third kappa shape index (κ3) is 3.71. The minimum Gasteiger partial charge on any atom is -0.379 e. The molecule has 2 rings (SSSR count). The maximum Gasteiger partial charge on any atom is 0.229 e. The minimum absolute atomic E-state index is 0.0150. The van der Waals surface area contributed by atoms with Gasteiger partial charge in [0.25, 0.3) is 0 Å². The predicted octanol–water partition coefficient (Wildman–Crippen LogP) is 0.554. The molecular formula is C15H29N3O2. The third-order valence-electron chi connectivity index (χ3n) is 4.55. The molecular weight excluding hydrogens is 254 g/mol. The van der Waals surface area contributed by atoms with E-state index in [0.29, 0.717) is 19.3 Å². The van der Waals surface area contributed by atoms with Crippen LogP contribution in [0.1, 0.15) is 26.2 Å². The number of nitrogens with one attached hydrogen (secondary N) is 1. The Morgan fingerprint density at radius 3 is 2.95 bits per heavy atom. The Morgan fingerprint density at radius 2 is 2.25 bits per heavy atom. The first-order valence-electron chi connectivity index (χ1n) is 7.89. The summed E-state index contributed by atoms with van der Waals surface area (Å²) in [5, 5.41) is 3.45. The lowest BCUT2D eigenvalue weighted by Gasteiger charge is -2.37. The maximum absolute atomic E-state index is 12.7. The van der Waals surface area contributed by atoms with Gasteiger partial charge in [-0.1, -0.05) is 6.92 Å². The highest BCUT2D eigenvalue weighted by atomic mass is 16.5. The quantitative estimate of drug-likeness (QED) is 0.800. The fraction of sp³-hybridized carbons (Fsp3) is 0.933. The van der Waals surface area contributed by atoms with Crippen molar-refractivity contribution in [3.05, 3.63) is 0 Å². The van der Waals surface area contributed by atoms with Crippen molar-refractivity contribution >= 4 is 5.91 Å². The molecule has 0 aliphatic carbocycles. The molecule has 3 atom stereocenters. The van der Waals surface area contributed by atoms with E-state index in [9.17, 15) is 4.79 Å². The summed E-state index contributed by atoms with van der Waals surface area (Å²) < 4.78 is 5.53. The fourth-order valence-corrected chi connectivity index (χ4v) is 3.23. The summed E-state index contributed by atoms with van der Waals surface area (Å²) >= 11 is 0. The Labute approximate surface area is 122 Å². The summed E-state index contributed by atoms with van der Waals surface area (Å²) in [5.74, 6) is 0.232. The van der Waals surface area contributed by atoms with Crippen molar-refractivity contribution < 1.29 is 9.53 Å². The van der Waals surface area contributed by atoms with Gasteiger partial charge in [-0.15, -0.1) is 0 Å². The van der Waals surface area contributed by atoms with Crippen LogP contribution in [0, 0.1) is 5.92 Å². The summed E-state index contributed by atoms with van der Waals surface area (Å²) in [6.07, 6.45) is 3.38. The van der Waals surface area contributed by atoms with Crippen molar-refractivity contribution in [1.29, 1.82) is 0 Å². The molecule has 2 fully saturated rings. The van der Waals surface area contributed by atoms with E-state index in [1.165, 1.54) is 6.42 Å². The molecule has 0 radical (unpaired) electrons. The highest BCUT2D eigenvalue weighted by molar-refractivity contribution is 5.80. The van der Waals surface area contributed by atoms with Gasteiger partial charge in [-0.05, 0) is 39.4 Å². The lowest BCUT2D eigenvalue weighted by molar-refractivity contribution is -0.137. The molecule has 0 aromatic rings. The third-order valence-corrected chi connectivity index (χ3v) is 4.55. The summed E-state index contributed by atoms with van der Waals surface area (Å²) in [6, 6.07) is 0.542. The van der Waals surface area contributed by atoms with Crippen LogP contribution < -0.4 is 5.32 Å². The molecule has 2 heterocycles. The van der Waals surface area contributed by atoms with Crippen molar-refractivity contribution in [3.8, 4) is 0 Å². The van der Waals surface area contributed by atoms with Crippen LogP contribution in [0.5, 0.6) is 0 Å². The normalized spacial score (nSPS) is 31.4. The van der Waals surface area contributed by atoms with Gasteiger partial charge >= 0.3 is 0 Å². The number of hydrogen-bond donors (Lipinski definition) is 1. The zero-order valence-electron chi connectivity index (χ0n) is 13.1. The number of hydrogen-bond acceptors (Lipinski definition) is 4. The number of amides is 1. The standard InChI is InChI=1S/C15H29N3O2/c1-4-7-16-14-11-20-10-13(14)15(19)18(3)12-6-5-8-17(2)9-12/h12-14,16H,4-11H2,1-3H3. The number of ether oxygens (including phenoxy) is 1. The highest BCUT2D eigenvalue weighted by Gasteiger charge is 2.37. The van der Waals surface area contributed by atoms with E-state index in [2.05, 4.69) is 24.2 Å². The van der Waals surface area contributed by atoms with Crippen LogP contribution in [-0.4, -0.2) is 74.7 Å². The topological polar surface area (TPSA) is 44.8 Å². The van der Waals surface area contributed by atoms with Crippen molar-refractivity contribution in [1.82, 2.24) is 15.1 Å². The lowest BCUT2D eigenvalue weighted by Crippen LogP contribution is -2.52. The molecule has 5 nitrogen and oxygen atoms in total. The van der Waals surface area contributed by atoms with E-state index in [4.69, 9.17) is 4.74 Å². The van der Waals surface area contributed by atoms with Gasteiger partial charge in [0.2, 0.25) is 5.91 Å². The molecule has 2 aliphatic heterocycles. The number of carbonyl (C=O) groups is 1. The van der Waals surface area contributed by atoms with E-state index >= 15 is 0 Å². The van der Waals surface area contributed by atoms with E-state index < -0.39 is 0 Å². The van der Waals surface area contributed by atoms with Crippen LogP contribution in [0.2, 0.25) is 0 Å². The molecule has 0 aromatic heterocycles. The predicted molar refractivity (Wildman–Crippen MR) is 79.7 cm³/mol. The molecule has 1 amide bonds. The summed E-state index contributed by atoms with van der Waals surface area (Å²) in [4.78, 5) is 17.0. The SMILES string of the molecule is CCCNC1COCC1C(=O)N(C)C1CCCN(C)C1. The average molecular weight is 283 g/mol. The summed E-state index contributed by atoms with van der Waals surface area (Å²) in [5.41, 5.74) is 0. The second-order valence-electron chi connectivity index (χ2n) is 6.21. The number of likely N-dealkylation sites (tertiary alicyclic amines) is 1. The number of nitrogens with zero attached hydrogens (tertiary/aromatic N) is 2. The van der Waals surface area contributed by atoms with Gasteiger partial charge in [0.05, 0.1) is 19.1 Å². The summed E-state index contributed by atoms with van der Waals surface area (Å²) in [6.45, 7) is 6.45. The van der Waals surface area contributed by atoms with Crippen molar-refractivity contribution in [2.75, 3.05) is 46.9 Å². The Balaban J connectivity index is 1.91. The molecule has 0 saturated carbocycles.